The fourth-order valence-corrected chi connectivity index (χ4v) is 1.43. The third-order valence-corrected chi connectivity index (χ3v) is 2.35. The van der Waals surface area contributed by atoms with Crippen LogP contribution in [0, 0.1) is 0 Å². The molecule has 2 N–H and O–H groups in total. The van der Waals surface area contributed by atoms with E-state index in [1.165, 1.54) is 0 Å². The molecule has 1 rings (SSSR count). The third-order valence-electron chi connectivity index (χ3n) is 2.35. The van der Waals surface area contributed by atoms with Crippen LogP contribution >= 0.6 is 0 Å². The van der Waals surface area contributed by atoms with E-state index in [0.717, 1.165) is 5.56 Å². The lowest BCUT2D eigenvalue weighted by Crippen LogP contribution is -2.18. The summed E-state index contributed by atoms with van der Waals surface area (Å²) in [5.74, 6) is 0.658. The molecule has 0 aliphatic carbocycles. The quantitative estimate of drug-likeness (QED) is 0.779. The molecule has 1 atom stereocenters. The first-order valence-electron chi connectivity index (χ1n) is 6.01. The lowest BCUT2D eigenvalue weighted by Gasteiger charge is -2.10. The molecule has 19 heavy (non-hydrogen) atoms. The van der Waals surface area contributed by atoms with E-state index < -0.39 is 12.8 Å². The van der Waals surface area contributed by atoms with Crippen LogP contribution < -0.4 is 10.5 Å². The van der Waals surface area contributed by atoms with Crippen molar-refractivity contribution in [1.29, 1.82) is 0 Å². The van der Waals surface area contributed by atoms with Gasteiger partial charge in [-0.3, -0.25) is 0 Å². The molecule has 0 bridgehead atoms. The molecule has 0 spiro atoms. The number of ether oxygens (including phenoxy) is 2. The SMILES string of the molecule is CC(N)c1cccc(OCCCOCC(F)(F)F)c1. The normalized spacial score (nSPS) is 13.3. The molecule has 1 unspecified atom stereocenters. The topological polar surface area (TPSA) is 44.5 Å². The van der Waals surface area contributed by atoms with Gasteiger partial charge in [-0.2, -0.15) is 13.2 Å². The van der Waals surface area contributed by atoms with Gasteiger partial charge in [0.05, 0.1) is 13.2 Å². The summed E-state index contributed by atoms with van der Waals surface area (Å²) in [5, 5.41) is 0. The van der Waals surface area contributed by atoms with Crippen LogP contribution in [0.3, 0.4) is 0 Å². The van der Waals surface area contributed by atoms with E-state index in [9.17, 15) is 13.2 Å². The molecule has 0 aromatic heterocycles. The molecule has 1 aromatic carbocycles. The Balaban J connectivity index is 2.21. The highest BCUT2D eigenvalue weighted by atomic mass is 19.4. The van der Waals surface area contributed by atoms with Crippen molar-refractivity contribution in [1.82, 2.24) is 0 Å². The van der Waals surface area contributed by atoms with Crippen molar-refractivity contribution >= 4 is 0 Å². The summed E-state index contributed by atoms with van der Waals surface area (Å²) in [6.45, 7) is 0.976. The number of benzene rings is 1. The van der Waals surface area contributed by atoms with Crippen LogP contribution in [0.15, 0.2) is 24.3 Å². The highest BCUT2D eigenvalue weighted by Crippen LogP contribution is 2.18. The summed E-state index contributed by atoms with van der Waals surface area (Å²) in [4.78, 5) is 0. The van der Waals surface area contributed by atoms with Crippen LogP contribution in [0.1, 0.15) is 24.9 Å². The molecular formula is C13H18F3NO2. The summed E-state index contributed by atoms with van der Waals surface area (Å²) in [6.07, 6.45) is -3.87. The molecule has 0 amide bonds. The molecule has 108 valence electrons. The summed E-state index contributed by atoms with van der Waals surface area (Å²) in [7, 11) is 0. The number of halogens is 3. The van der Waals surface area contributed by atoms with Crippen LogP contribution in [0.4, 0.5) is 13.2 Å². The molecule has 0 fully saturated rings. The molecule has 3 nitrogen and oxygen atoms in total. The lowest BCUT2D eigenvalue weighted by molar-refractivity contribution is -0.174. The van der Waals surface area contributed by atoms with Crippen LogP contribution in [-0.2, 0) is 4.74 Å². The number of rotatable bonds is 7. The van der Waals surface area contributed by atoms with Crippen molar-refractivity contribution in [2.75, 3.05) is 19.8 Å². The predicted octanol–water partition coefficient (Wildman–Crippen LogP) is 3.05. The zero-order chi connectivity index (χ0) is 14.3. The summed E-state index contributed by atoms with van der Waals surface area (Å²) >= 11 is 0. The monoisotopic (exact) mass is 277 g/mol. The Hall–Kier alpha value is -1.27. The van der Waals surface area contributed by atoms with Crippen molar-refractivity contribution < 1.29 is 22.6 Å². The largest absolute Gasteiger partial charge is 0.493 e. The minimum atomic E-state index is -4.27. The Labute approximate surface area is 110 Å². The Bertz CT molecular complexity index is 380. The minimum Gasteiger partial charge on any atom is -0.493 e. The Morgan fingerprint density at radius 2 is 2.00 bits per heavy atom. The molecule has 1 aromatic rings. The minimum absolute atomic E-state index is 0.0203. The molecule has 0 heterocycles. The van der Waals surface area contributed by atoms with Gasteiger partial charge in [-0.25, -0.2) is 0 Å². The second kappa shape index (κ2) is 7.35. The fraction of sp³-hybridized carbons (Fsp3) is 0.538. The van der Waals surface area contributed by atoms with Crippen LogP contribution in [-0.4, -0.2) is 26.0 Å². The van der Waals surface area contributed by atoms with Crippen LogP contribution in [0.5, 0.6) is 5.75 Å². The van der Waals surface area contributed by atoms with Gasteiger partial charge in [0.25, 0.3) is 0 Å². The van der Waals surface area contributed by atoms with Gasteiger partial charge in [0.1, 0.15) is 12.4 Å². The lowest BCUT2D eigenvalue weighted by atomic mass is 10.1. The van der Waals surface area contributed by atoms with Crippen molar-refractivity contribution in [2.24, 2.45) is 5.73 Å². The van der Waals surface area contributed by atoms with Crippen LogP contribution in [0.2, 0.25) is 0 Å². The van der Waals surface area contributed by atoms with E-state index in [1.54, 1.807) is 6.07 Å². The maximum absolute atomic E-state index is 11.8. The van der Waals surface area contributed by atoms with Crippen molar-refractivity contribution in [3.05, 3.63) is 29.8 Å². The van der Waals surface area contributed by atoms with E-state index in [1.807, 2.05) is 25.1 Å². The molecule has 0 saturated carbocycles. The highest BCUT2D eigenvalue weighted by Gasteiger charge is 2.27. The van der Waals surface area contributed by atoms with E-state index >= 15 is 0 Å². The van der Waals surface area contributed by atoms with Gasteiger partial charge in [0, 0.05) is 12.5 Å². The molecule has 0 saturated heterocycles. The van der Waals surface area contributed by atoms with Crippen molar-refractivity contribution in [2.45, 2.75) is 25.6 Å². The highest BCUT2D eigenvalue weighted by molar-refractivity contribution is 5.30. The zero-order valence-electron chi connectivity index (χ0n) is 10.7. The first-order chi connectivity index (χ1) is 8.88. The number of alkyl halides is 3. The third kappa shape index (κ3) is 7.03. The number of hydrogen-bond acceptors (Lipinski definition) is 3. The van der Waals surface area contributed by atoms with Gasteiger partial charge in [0.15, 0.2) is 0 Å². The first kappa shape index (κ1) is 15.8. The van der Waals surface area contributed by atoms with E-state index in [-0.39, 0.29) is 12.6 Å². The molecule has 6 heteroatoms. The molecular weight excluding hydrogens is 259 g/mol. The van der Waals surface area contributed by atoms with Gasteiger partial charge in [-0.05, 0) is 24.6 Å². The molecule has 0 radical (unpaired) electrons. The second-order valence-corrected chi connectivity index (χ2v) is 4.23. The molecule has 0 aliphatic rings. The number of hydrogen-bond donors (Lipinski definition) is 1. The van der Waals surface area contributed by atoms with E-state index in [2.05, 4.69) is 4.74 Å². The summed E-state index contributed by atoms with van der Waals surface area (Å²) < 4.78 is 45.2. The smallest absolute Gasteiger partial charge is 0.411 e. The number of nitrogens with two attached hydrogens (primary N) is 1. The van der Waals surface area contributed by atoms with Gasteiger partial charge in [0.2, 0.25) is 0 Å². The first-order valence-corrected chi connectivity index (χ1v) is 6.01. The Kier molecular flexibility index (Phi) is 6.11. The predicted molar refractivity (Wildman–Crippen MR) is 66.0 cm³/mol. The van der Waals surface area contributed by atoms with Crippen molar-refractivity contribution in [3.63, 3.8) is 0 Å². The second-order valence-electron chi connectivity index (χ2n) is 4.23. The van der Waals surface area contributed by atoms with E-state index in [4.69, 9.17) is 10.5 Å². The van der Waals surface area contributed by atoms with Crippen LogP contribution in [0.25, 0.3) is 0 Å². The average Bonchev–Trinajstić information content (AvgIpc) is 2.32. The average molecular weight is 277 g/mol. The van der Waals surface area contributed by atoms with Gasteiger partial charge in [-0.15, -0.1) is 0 Å². The maximum Gasteiger partial charge on any atom is 0.411 e. The Morgan fingerprint density at radius 1 is 1.26 bits per heavy atom. The summed E-state index contributed by atoms with van der Waals surface area (Å²) in [5.41, 5.74) is 6.69. The Morgan fingerprint density at radius 3 is 2.63 bits per heavy atom. The fourth-order valence-electron chi connectivity index (χ4n) is 1.43. The van der Waals surface area contributed by atoms with Gasteiger partial charge >= 0.3 is 6.18 Å². The maximum atomic E-state index is 11.8. The molecule has 0 aliphatic heterocycles. The summed E-state index contributed by atoms with van der Waals surface area (Å²) in [6, 6.07) is 7.24. The standard InChI is InChI=1S/C13H18F3NO2/c1-10(17)11-4-2-5-12(8-11)19-7-3-6-18-9-13(14,15)16/h2,4-5,8,10H,3,6-7,9,17H2,1H3. The zero-order valence-corrected chi connectivity index (χ0v) is 10.7. The van der Waals surface area contributed by atoms with E-state index in [0.29, 0.717) is 18.8 Å². The van der Waals surface area contributed by atoms with Gasteiger partial charge < -0.3 is 15.2 Å². The van der Waals surface area contributed by atoms with Gasteiger partial charge in [-0.1, -0.05) is 12.1 Å². The van der Waals surface area contributed by atoms with Crippen molar-refractivity contribution in [3.8, 4) is 5.75 Å².